The number of pyridine rings is 1. The van der Waals surface area contributed by atoms with Crippen molar-refractivity contribution < 1.29 is 17.6 Å². The molecule has 3 aromatic carbocycles. The number of halogens is 1. The van der Waals surface area contributed by atoms with Gasteiger partial charge in [0.15, 0.2) is 5.65 Å². The molecule has 256 valence electrons. The number of likely N-dealkylation sites (N-methyl/N-ethyl adjacent to an activating group) is 1. The lowest BCUT2D eigenvalue weighted by Crippen LogP contribution is -2.50. The van der Waals surface area contributed by atoms with Crippen LogP contribution in [0.3, 0.4) is 0 Å². The molecule has 1 fully saturated rings. The maximum Gasteiger partial charge on any atom is 0.269 e. The van der Waals surface area contributed by atoms with E-state index in [1.54, 1.807) is 53.6 Å². The first-order valence-corrected chi connectivity index (χ1v) is 17.9. The molecule has 6 aromatic rings. The van der Waals surface area contributed by atoms with Crippen LogP contribution in [0.5, 0.6) is 0 Å². The SMILES string of the molecule is Cc1ccc(S(=O)(=O)n2cc(-c3cnn(Cc4cccc(F)c4)c3)c3cc(-c4ccc(N5CCN(C(=O)CN(C)C)CC5)cc4)cnc32)cc1. The number of benzene rings is 3. The Morgan fingerprint density at radius 2 is 1.60 bits per heavy atom. The van der Waals surface area contributed by atoms with Gasteiger partial charge < -0.3 is 14.7 Å². The predicted octanol–water partition coefficient (Wildman–Crippen LogP) is 5.51. The van der Waals surface area contributed by atoms with Crippen LogP contribution in [-0.2, 0) is 21.4 Å². The van der Waals surface area contributed by atoms with Crippen LogP contribution in [0, 0.1) is 12.7 Å². The second kappa shape index (κ2) is 13.5. The minimum Gasteiger partial charge on any atom is -0.368 e. The quantitative estimate of drug-likeness (QED) is 0.197. The largest absolute Gasteiger partial charge is 0.368 e. The zero-order chi connectivity index (χ0) is 35.0. The van der Waals surface area contributed by atoms with Crippen LogP contribution < -0.4 is 4.90 Å². The van der Waals surface area contributed by atoms with E-state index in [2.05, 4.69) is 22.1 Å². The molecule has 10 nitrogen and oxygen atoms in total. The summed E-state index contributed by atoms with van der Waals surface area (Å²) in [6, 6.07) is 23.3. The second-order valence-corrected chi connectivity index (χ2v) is 14.8. The zero-order valence-corrected chi connectivity index (χ0v) is 29.0. The number of carbonyl (C=O) groups is 1. The maximum absolute atomic E-state index is 14.0. The third kappa shape index (κ3) is 6.76. The molecule has 1 aliphatic heterocycles. The molecule has 0 unspecified atom stereocenters. The molecule has 0 atom stereocenters. The average Bonchev–Trinajstić information content (AvgIpc) is 3.73. The number of hydrogen-bond donors (Lipinski definition) is 0. The number of fused-ring (bicyclic) bond motifs is 1. The fourth-order valence-electron chi connectivity index (χ4n) is 6.34. The molecular weight excluding hydrogens is 654 g/mol. The number of rotatable bonds is 9. The van der Waals surface area contributed by atoms with Gasteiger partial charge >= 0.3 is 0 Å². The lowest BCUT2D eigenvalue weighted by Gasteiger charge is -2.36. The monoisotopic (exact) mass is 691 g/mol. The van der Waals surface area contributed by atoms with E-state index in [4.69, 9.17) is 4.98 Å². The minimum atomic E-state index is -3.97. The van der Waals surface area contributed by atoms with Gasteiger partial charge in [-0.05, 0) is 74.6 Å². The number of aromatic nitrogens is 4. The van der Waals surface area contributed by atoms with Crippen LogP contribution in [0.25, 0.3) is 33.3 Å². The highest BCUT2D eigenvalue weighted by molar-refractivity contribution is 7.90. The molecule has 12 heteroatoms. The fourth-order valence-corrected chi connectivity index (χ4v) is 7.66. The molecule has 1 aliphatic rings. The Hall–Kier alpha value is -5.33. The molecular formula is C38H38FN7O3S. The van der Waals surface area contributed by atoms with Crippen molar-refractivity contribution in [2.75, 3.05) is 51.7 Å². The van der Waals surface area contributed by atoms with E-state index in [0.717, 1.165) is 41.0 Å². The van der Waals surface area contributed by atoms with E-state index in [1.807, 2.05) is 61.3 Å². The first-order valence-electron chi connectivity index (χ1n) is 16.4. The van der Waals surface area contributed by atoms with Crippen LogP contribution in [0.1, 0.15) is 11.1 Å². The molecule has 0 N–H and O–H groups in total. The van der Waals surface area contributed by atoms with Gasteiger partial charge in [0.1, 0.15) is 5.82 Å². The molecule has 0 spiro atoms. The Labute approximate surface area is 291 Å². The summed E-state index contributed by atoms with van der Waals surface area (Å²) in [6.45, 7) is 5.55. The second-order valence-electron chi connectivity index (χ2n) is 13.0. The molecule has 3 aromatic heterocycles. The number of aryl methyl sites for hydroxylation is 1. The molecule has 1 amide bonds. The third-order valence-electron chi connectivity index (χ3n) is 9.02. The van der Waals surface area contributed by atoms with Crippen LogP contribution in [0.2, 0.25) is 0 Å². The van der Waals surface area contributed by atoms with E-state index in [1.165, 1.54) is 16.1 Å². The Bertz CT molecular complexity index is 2270. The summed E-state index contributed by atoms with van der Waals surface area (Å²) in [4.78, 5) is 23.5. The summed E-state index contributed by atoms with van der Waals surface area (Å²) in [5, 5.41) is 5.17. The van der Waals surface area contributed by atoms with Gasteiger partial charge in [-0.2, -0.15) is 5.10 Å². The van der Waals surface area contributed by atoms with Crippen LogP contribution in [-0.4, -0.2) is 89.7 Å². The summed E-state index contributed by atoms with van der Waals surface area (Å²) in [5.74, 6) is -0.174. The van der Waals surface area contributed by atoms with Gasteiger partial charge in [0.2, 0.25) is 5.91 Å². The van der Waals surface area contributed by atoms with Crippen molar-refractivity contribution >= 4 is 32.7 Å². The lowest BCUT2D eigenvalue weighted by atomic mass is 10.0. The van der Waals surface area contributed by atoms with Crippen molar-refractivity contribution in [1.82, 2.24) is 28.5 Å². The van der Waals surface area contributed by atoms with E-state index in [9.17, 15) is 17.6 Å². The van der Waals surface area contributed by atoms with E-state index in [0.29, 0.717) is 48.3 Å². The number of piperazine rings is 1. The van der Waals surface area contributed by atoms with Crippen molar-refractivity contribution in [3.8, 4) is 22.3 Å². The van der Waals surface area contributed by atoms with E-state index < -0.39 is 10.0 Å². The maximum atomic E-state index is 14.0. The fraction of sp³-hybridized carbons (Fsp3) is 0.237. The summed E-state index contributed by atoms with van der Waals surface area (Å²) < 4.78 is 44.7. The number of amides is 1. The highest BCUT2D eigenvalue weighted by atomic mass is 32.2. The zero-order valence-electron chi connectivity index (χ0n) is 28.2. The van der Waals surface area contributed by atoms with Crippen LogP contribution >= 0.6 is 0 Å². The van der Waals surface area contributed by atoms with Gasteiger partial charge in [-0.1, -0.05) is 42.0 Å². The number of nitrogens with zero attached hydrogens (tertiary/aromatic N) is 7. The molecule has 0 saturated carbocycles. The topological polar surface area (TPSA) is 96.6 Å². The molecule has 0 radical (unpaired) electrons. The van der Waals surface area contributed by atoms with Crippen LogP contribution in [0.4, 0.5) is 10.1 Å². The highest BCUT2D eigenvalue weighted by Crippen LogP contribution is 2.35. The molecule has 7 rings (SSSR count). The third-order valence-corrected chi connectivity index (χ3v) is 10.7. The molecule has 4 heterocycles. The van der Waals surface area contributed by atoms with Crippen LogP contribution in [0.15, 0.2) is 109 Å². The minimum absolute atomic E-state index is 0.145. The van der Waals surface area contributed by atoms with Gasteiger partial charge in [0.05, 0.1) is 24.2 Å². The Balaban J connectivity index is 1.21. The summed E-state index contributed by atoms with van der Waals surface area (Å²) >= 11 is 0. The van der Waals surface area contributed by atoms with E-state index >= 15 is 0 Å². The smallest absolute Gasteiger partial charge is 0.269 e. The van der Waals surface area contributed by atoms with Crippen molar-refractivity contribution in [1.29, 1.82) is 0 Å². The van der Waals surface area contributed by atoms with Gasteiger partial charge in [0, 0.05) is 72.5 Å². The lowest BCUT2D eigenvalue weighted by molar-refractivity contribution is -0.132. The van der Waals surface area contributed by atoms with Gasteiger partial charge in [-0.25, -0.2) is 21.8 Å². The standard InChI is InChI=1S/C38H38FN7O3S/c1-27-7-13-34(14-8-27)50(48,49)46-25-36(31-22-41-45(24-31)23-28-5-4-6-32(39)19-28)35-20-30(21-40-38(35)46)29-9-11-33(12-10-29)43-15-17-44(18-16-43)37(47)26-42(2)3/h4-14,19-22,24-25H,15-18,23,26H2,1-3H3. The van der Waals surface area contributed by atoms with Gasteiger partial charge in [-0.3, -0.25) is 9.48 Å². The summed E-state index contributed by atoms with van der Waals surface area (Å²) in [6.07, 6.45) is 6.82. The number of carbonyl (C=O) groups excluding carboxylic acids is 1. The van der Waals surface area contributed by atoms with E-state index in [-0.39, 0.29) is 16.6 Å². The van der Waals surface area contributed by atoms with Gasteiger partial charge in [0.25, 0.3) is 10.0 Å². The van der Waals surface area contributed by atoms with Crippen molar-refractivity contribution in [3.63, 3.8) is 0 Å². The number of hydrogen-bond acceptors (Lipinski definition) is 7. The molecule has 50 heavy (non-hydrogen) atoms. The molecule has 0 bridgehead atoms. The Morgan fingerprint density at radius 3 is 2.30 bits per heavy atom. The first-order chi connectivity index (χ1) is 24.0. The average molecular weight is 692 g/mol. The first kappa shape index (κ1) is 33.2. The van der Waals surface area contributed by atoms with Crippen molar-refractivity contribution in [2.24, 2.45) is 0 Å². The highest BCUT2D eigenvalue weighted by Gasteiger charge is 2.25. The molecule has 1 saturated heterocycles. The molecule has 0 aliphatic carbocycles. The van der Waals surface area contributed by atoms with Crippen molar-refractivity contribution in [2.45, 2.75) is 18.4 Å². The normalized spacial score (nSPS) is 13.8. The predicted molar refractivity (Wildman–Crippen MR) is 193 cm³/mol. The summed E-state index contributed by atoms with van der Waals surface area (Å²) in [5.41, 5.74) is 6.24. The summed E-state index contributed by atoms with van der Waals surface area (Å²) in [7, 11) is -0.173. The van der Waals surface area contributed by atoms with Crippen molar-refractivity contribution in [3.05, 3.63) is 121 Å². The Morgan fingerprint density at radius 1 is 0.860 bits per heavy atom. The van der Waals surface area contributed by atoms with Gasteiger partial charge in [-0.15, -0.1) is 0 Å². The Kier molecular flexibility index (Phi) is 8.98. The number of anilines is 1.